The highest BCUT2D eigenvalue weighted by Gasteiger charge is 2.37. The maximum Gasteiger partial charge on any atom is 0.418 e. The lowest BCUT2D eigenvalue weighted by atomic mass is 10.0. The van der Waals surface area contributed by atoms with Gasteiger partial charge in [-0.25, -0.2) is 8.42 Å². The summed E-state index contributed by atoms with van der Waals surface area (Å²) in [5.74, 6) is 0. The van der Waals surface area contributed by atoms with E-state index in [-0.39, 0.29) is 17.8 Å². The average molecular weight is 332 g/mol. The van der Waals surface area contributed by atoms with E-state index in [1.54, 1.807) is 0 Å². The van der Waals surface area contributed by atoms with Gasteiger partial charge >= 0.3 is 6.18 Å². The van der Waals surface area contributed by atoms with Gasteiger partial charge in [0, 0.05) is 19.3 Å². The number of hydrogen-bond donors (Lipinski definition) is 0. The Kier molecular flexibility index (Phi) is 4.38. The van der Waals surface area contributed by atoms with Gasteiger partial charge in [-0.1, -0.05) is 0 Å². The van der Waals surface area contributed by atoms with E-state index < -0.39 is 26.8 Å². The van der Waals surface area contributed by atoms with Crippen LogP contribution in [0.5, 0.6) is 0 Å². The van der Waals surface area contributed by atoms with Gasteiger partial charge in [0.15, 0.2) is 9.84 Å². The maximum atomic E-state index is 13.1. The number of alkyl halides is 3. The number of sulfone groups is 1. The van der Waals surface area contributed by atoms with E-state index >= 15 is 0 Å². The first-order valence-electron chi connectivity index (χ1n) is 6.68. The van der Waals surface area contributed by atoms with Crippen LogP contribution >= 0.6 is 0 Å². The van der Waals surface area contributed by atoms with Crippen molar-refractivity contribution >= 4 is 15.5 Å². The molecule has 1 aromatic rings. The summed E-state index contributed by atoms with van der Waals surface area (Å²) in [6.45, 7) is 0.348. The summed E-state index contributed by atoms with van der Waals surface area (Å²) in [4.78, 5) is 1.42. The molecule has 120 valence electrons. The van der Waals surface area contributed by atoms with E-state index in [0.717, 1.165) is 18.4 Å². The lowest BCUT2D eigenvalue weighted by Crippen LogP contribution is -2.42. The second kappa shape index (κ2) is 5.80. The number of nitrogens with zero attached hydrogens (tertiary/aromatic N) is 2. The zero-order valence-corrected chi connectivity index (χ0v) is 12.7. The fourth-order valence-corrected chi connectivity index (χ4v) is 3.65. The molecular weight excluding hydrogens is 317 g/mol. The zero-order chi connectivity index (χ0) is 16.5. The molecule has 1 saturated heterocycles. The predicted molar refractivity (Wildman–Crippen MR) is 76.2 cm³/mol. The SMILES string of the molecule is CS(=O)(=O)C1CCCN(c2cc(C#N)ccc2C(F)(F)F)C1. The largest absolute Gasteiger partial charge is 0.418 e. The molecule has 1 unspecified atom stereocenters. The standard InChI is InChI=1S/C14H15F3N2O2S/c1-22(20,21)11-3-2-6-19(9-11)13-7-10(8-18)4-5-12(13)14(15,16)17/h4-5,7,11H,2-3,6,9H2,1H3. The molecule has 1 aliphatic heterocycles. The molecule has 0 saturated carbocycles. The van der Waals surface area contributed by atoms with Gasteiger partial charge in [0.1, 0.15) is 0 Å². The van der Waals surface area contributed by atoms with Crippen LogP contribution in [0.2, 0.25) is 0 Å². The van der Waals surface area contributed by atoms with Crippen molar-refractivity contribution < 1.29 is 21.6 Å². The van der Waals surface area contributed by atoms with Gasteiger partial charge in [0.2, 0.25) is 0 Å². The molecule has 0 spiro atoms. The first kappa shape index (κ1) is 16.6. The van der Waals surface area contributed by atoms with E-state index in [0.29, 0.717) is 19.4 Å². The zero-order valence-electron chi connectivity index (χ0n) is 11.9. The van der Waals surface area contributed by atoms with E-state index in [2.05, 4.69) is 0 Å². The second-order valence-electron chi connectivity index (χ2n) is 5.38. The summed E-state index contributed by atoms with van der Waals surface area (Å²) in [7, 11) is -3.32. The van der Waals surface area contributed by atoms with E-state index in [4.69, 9.17) is 5.26 Å². The third kappa shape index (κ3) is 3.53. The number of rotatable bonds is 2. The van der Waals surface area contributed by atoms with E-state index in [9.17, 15) is 21.6 Å². The van der Waals surface area contributed by atoms with Crippen molar-refractivity contribution in [3.63, 3.8) is 0 Å². The number of piperidine rings is 1. The number of nitriles is 1. The van der Waals surface area contributed by atoms with Gasteiger partial charge in [-0.2, -0.15) is 18.4 Å². The molecule has 0 amide bonds. The maximum absolute atomic E-state index is 13.1. The van der Waals surface area contributed by atoms with Crippen molar-refractivity contribution in [3.8, 4) is 6.07 Å². The molecule has 8 heteroatoms. The molecule has 22 heavy (non-hydrogen) atoms. The quantitative estimate of drug-likeness (QED) is 0.835. The van der Waals surface area contributed by atoms with Crippen LogP contribution in [0, 0.1) is 11.3 Å². The average Bonchev–Trinajstić information content (AvgIpc) is 2.45. The summed E-state index contributed by atoms with van der Waals surface area (Å²) in [6, 6.07) is 4.98. The summed E-state index contributed by atoms with van der Waals surface area (Å²) >= 11 is 0. The highest BCUT2D eigenvalue weighted by molar-refractivity contribution is 7.91. The lowest BCUT2D eigenvalue weighted by Gasteiger charge is -2.35. The summed E-state index contributed by atoms with van der Waals surface area (Å²) < 4.78 is 62.8. The normalized spacial score (nSPS) is 19.8. The Bertz CT molecular complexity index is 708. The molecule has 0 radical (unpaired) electrons. The molecular formula is C14H15F3N2O2S. The van der Waals surface area contributed by atoms with Gasteiger partial charge in [0.05, 0.1) is 28.1 Å². The Morgan fingerprint density at radius 3 is 2.59 bits per heavy atom. The van der Waals surface area contributed by atoms with Crippen LogP contribution < -0.4 is 4.90 Å². The van der Waals surface area contributed by atoms with Crippen molar-refractivity contribution in [3.05, 3.63) is 29.3 Å². The Labute approximate surface area is 127 Å². The molecule has 1 fully saturated rings. The van der Waals surface area contributed by atoms with Gasteiger partial charge in [0.25, 0.3) is 0 Å². The molecule has 0 aliphatic carbocycles. The van der Waals surface area contributed by atoms with Gasteiger partial charge in [-0.15, -0.1) is 0 Å². The molecule has 1 aliphatic rings. The monoisotopic (exact) mass is 332 g/mol. The highest BCUT2D eigenvalue weighted by Crippen LogP contribution is 2.38. The van der Waals surface area contributed by atoms with Crippen LogP contribution in [-0.4, -0.2) is 33.0 Å². The fourth-order valence-electron chi connectivity index (χ4n) is 2.61. The molecule has 0 bridgehead atoms. The van der Waals surface area contributed by atoms with Crippen LogP contribution in [0.15, 0.2) is 18.2 Å². The third-order valence-electron chi connectivity index (χ3n) is 3.76. The highest BCUT2D eigenvalue weighted by atomic mass is 32.2. The summed E-state index contributed by atoms with van der Waals surface area (Å²) in [5.41, 5.74) is -0.856. The topological polar surface area (TPSA) is 61.2 Å². The first-order chi connectivity index (χ1) is 10.1. The Morgan fingerprint density at radius 1 is 1.36 bits per heavy atom. The summed E-state index contributed by atoms with van der Waals surface area (Å²) in [6.07, 6.45) is -2.53. The van der Waals surface area contributed by atoms with Crippen LogP contribution in [0.1, 0.15) is 24.0 Å². The van der Waals surface area contributed by atoms with Crippen LogP contribution in [0.25, 0.3) is 0 Å². The van der Waals surface area contributed by atoms with E-state index in [1.165, 1.54) is 11.0 Å². The number of benzene rings is 1. The molecule has 1 heterocycles. The molecule has 4 nitrogen and oxygen atoms in total. The number of anilines is 1. The Hall–Kier alpha value is -1.75. The van der Waals surface area contributed by atoms with E-state index in [1.807, 2.05) is 6.07 Å². The van der Waals surface area contributed by atoms with Crippen molar-refractivity contribution in [2.45, 2.75) is 24.3 Å². The van der Waals surface area contributed by atoms with Crippen molar-refractivity contribution in [1.82, 2.24) is 0 Å². The molecule has 0 N–H and O–H groups in total. The van der Waals surface area contributed by atoms with Gasteiger partial charge < -0.3 is 4.90 Å². The Balaban J connectivity index is 2.44. The second-order valence-corrected chi connectivity index (χ2v) is 7.71. The molecule has 0 aromatic heterocycles. The Morgan fingerprint density at radius 2 is 2.05 bits per heavy atom. The smallest absolute Gasteiger partial charge is 0.370 e. The molecule has 1 aromatic carbocycles. The van der Waals surface area contributed by atoms with Gasteiger partial charge in [-0.05, 0) is 31.0 Å². The van der Waals surface area contributed by atoms with Crippen LogP contribution in [-0.2, 0) is 16.0 Å². The lowest BCUT2D eigenvalue weighted by molar-refractivity contribution is -0.137. The molecule has 2 rings (SSSR count). The predicted octanol–water partition coefficient (Wildman–Crippen LogP) is 2.59. The minimum atomic E-state index is -4.55. The van der Waals surface area contributed by atoms with Crippen molar-refractivity contribution in [1.29, 1.82) is 5.26 Å². The molecule has 1 atom stereocenters. The van der Waals surface area contributed by atoms with Crippen LogP contribution in [0.4, 0.5) is 18.9 Å². The number of halogens is 3. The summed E-state index contributed by atoms with van der Waals surface area (Å²) in [5, 5.41) is 8.20. The van der Waals surface area contributed by atoms with Crippen LogP contribution in [0.3, 0.4) is 0 Å². The minimum Gasteiger partial charge on any atom is -0.370 e. The minimum absolute atomic E-state index is 0.0107. The number of hydrogen-bond acceptors (Lipinski definition) is 4. The fraction of sp³-hybridized carbons (Fsp3) is 0.500. The first-order valence-corrected chi connectivity index (χ1v) is 8.63. The third-order valence-corrected chi connectivity index (χ3v) is 5.35. The van der Waals surface area contributed by atoms with Gasteiger partial charge in [-0.3, -0.25) is 0 Å². The van der Waals surface area contributed by atoms with Crippen molar-refractivity contribution in [2.24, 2.45) is 0 Å². The van der Waals surface area contributed by atoms with Crippen molar-refractivity contribution in [2.75, 3.05) is 24.2 Å².